The van der Waals surface area contributed by atoms with Gasteiger partial charge in [0.2, 0.25) is 0 Å². The van der Waals surface area contributed by atoms with Crippen molar-refractivity contribution in [3.8, 4) is 0 Å². The molecular formula is C12H13BrN2S. The van der Waals surface area contributed by atoms with Crippen molar-refractivity contribution in [2.24, 2.45) is 5.84 Å². The largest absolute Gasteiger partial charge is 0.271 e. The van der Waals surface area contributed by atoms with E-state index in [-0.39, 0.29) is 6.04 Å². The summed E-state index contributed by atoms with van der Waals surface area (Å²) in [6.07, 6.45) is 0.913. The molecule has 4 heteroatoms. The molecule has 2 nitrogen and oxygen atoms in total. The van der Waals surface area contributed by atoms with Crippen LogP contribution in [0.3, 0.4) is 0 Å². The number of benzene rings is 1. The first-order chi connectivity index (χ1) is 7.79. The highest BCUT2D eigenvalue weighted by Crippen LogP contribution is 2.26. The Morgan fingerprint density at radius 3 is 2.50 bits per heavy atom. The third-order valence-electron chi connectivity index (χ3n) is 2.44. The van der Waals surface area contributed by atoms with E-state index in [0.717, 1.165) is 10.2 Å². The molecule has 84 valence electrons. The number of thiophene rings is 1. The van der Waals surface area contributed by atoms with Gasteiger partial charge in [-0.2, -0.15) is 0 Å². The van der Waals surface area contributed by atoms with Gasteiger partial charge >= 0.3 is 0 Å². The number of hydrogen-bond acceptors (Lipinski definition) is 3. The third-order valence-corrected chi connectivity index (χ3v) is 4.08. The van der Waals surface area contributed by atoms with Gasteiger partial charge in [0.1, 0.15) is 0 Å². The maximum absolute atomic E-state index is 5.60. The SMILES string of the molecule is NNC(Cc1ccc(Br)s1)c1ccccc1. The highest BCUT2D eigenvalue weighted by molar-refractivity contribution is 9.11. The zero-order chi connectivity index (χ0) is 11.4. The van der Waals surface area contributed by atoms with Crippen molar-refractivity contribution in [2.45, 2.75) is 12.5 Å². The van der Waals surface area contributed by atoms with Crippen LogP contribution in [0.15, 0.2) is 46.3 Å². The van der Waals surface area contributed by atoms with Crippen molar-refractivity contribution in [1.82, 2.24) is 5.43 Å². The van der Waals surface area contributed by atoms with Gasteiger partial charge in [0.05, 0.1) is 9.83 Å². The van der Waals surface area contributed by atoms with Crippen LogP contribution in [0.2, 0.25) is 0 Å². The molecule has 2 rings (SSSR count). The number of hydrogen-bond donors (Lipinski definition) is 2. The molecule has 2 aromatic rings. The van der Waals surface area contributed by atoms with Gasteiger partial charge in [-0.05, 0) is 33.6 Å². The summed E-state index contributed by atoms with van der Waals surface area (Å²) in [5.74, 6) is 5.60. The fourth-order valence-corrected chi connectivity index (χ4v) is 3.15. The zero-order valence-electron chi connectivity index (χ0n) is 8.69. The molecule has 1 aromatic carbocycles. The summed E-state index contributed by atoms with van der Waals surface area (Å²) >= 11 is 5.21. The van der Waals surface area contributed by atoms with E-state index in [1.807, 2.05) is 18.2 Å². The van der Waals surface area contributed by atoms with Crippen LogP contribution in [-0.2, 0) is 6.42 Å². The van der Waals surface area contributed by atoms with Gasteiger partial charge in [0.25, 0.3) is 0 Å². The van der Waals surface area contributed by atoms with Crippen LogP contribution in [0.4, 0.5) is 0 Å². The van der Waals surface area contributed by atoms with E-state index in [4.69, 9.17) is 5.84 Å². The average Bonchev–Trinajstić information content (AvgIpc) is 2.73. The van der Waals surface area contributed by atoms with Crippen LogP contribution in [0.25, 0.3) is 0 Å². The van der Waals surface area contributed by atoms with Crippen LogP contribution in [0.5, 0.6) is 0 Å². The summed E-state index contributed by atoms with van der Waals surface area (Å²) in [5.41, 5.74) is 4.08. The van der Waals surface area contributed by atoms with Gasteiger partial charge in [-0.25, -0.2) is 0 Å². The van der Waals surface area contributed by atoms with E-state index >= 15 is 0 Å². The smallest absolute Gasteiger partial charge is 0.0701 e. The van der Waals surface area contributed by atoms with Gasteiger partial charge in [-0.3, -0.25) is 11.3 Å². The van der Waals surface area contributed by atoms with Gasteiger partial charge in [0, 0.05) is 11.3 Å². The Morgan fingerprint density at radius 2 is 1.94 bits per heavy atom. The molecule has 0 aliphatic carbocycles. The Bertz CT molecular complexity index is 441. The summed E-state index contributed by atoms with van der Waals surface area (Å²) in [6, 6.07) is 14.6. The molecule has 0 bridgehead atoms. The van der Waals surface area contributed by atoms with Gasteiger partial charge in [0.15, 0.2) is 0 Å². The highest BCUT2D eigenvalue weighted by Gasteiger charge is 2.11. The molecule has 0 spiro atoms. The van der Waals surface area contributed by atoms with Crippen molar-refractivity contribution in [3.63, 3.8) is 0 Å². The van der Waals surface area contributed by atoms with Crippen molar-refractivity contribution >= 4 is 27.3 Å². The molecule has 1 aromatic heterocycles. The van der Waals surface area contributed by atoms with E-state index in [1.165, 1.54) is 10.4 Å². The number of halogens is 1. The number of hydrazine groups is 1. The lowest BCUT2D eigenvalue weighted by Gasteiger charge is -2.15. The molecule has 1 unspecified atom stereocenters. The standard InChI is InChI=1S/C12H13BrN2S/c13-12-7-6-10(16-12)8-11(15-14)9-4-2-1-3-5-9/h1-7,11,15H,8,14H2. The Hall–Kier alpha value is -0.680. The molecule has 0 saturated carbocycles. The van der Waals surface area contributed by atoms with Crippen molar-refractivity contribution < 1.29 is 0 Å². The first-order valence-electron chi connectivity index (χ1n) is 5.05. The zero-order valence-corrected chi connectivity index (χ0v) is 11.1. The fraction of sp³-hybridized carbons (Fsp3) is 0.167. The molecule has 0 aliphatic rings. The first-order valence-corrected chi connectivity index (χ1v) is 6.66. The summed E-state index contributed by atoms with van der Waals surface area (Å²) in [5, 5.41) is 0. The fourth-order valence-electron chi connectivity index (χ4n) is 1.62. The lowest BCUT2D eigenvalue weighted by atomic mass is 10.0. The quantitative estimate of drug-likeness (QED) is 0.671. The van der Waals surface area contributed by atoms with Crippen molar-refractivity contribution in [1.29, 1.82) is 0 Å². The lowest BCUT2D eigenvalue weighted by Crippen LogP contribution is -2.29. The monoisotopic (exact) mass is 296 g/mol. The topological polar surface area (TPSA) is 38.0 Å². The van der Waals surface area contributed by atoms with E-state index in [1.54, 1.807) is 11.3 Å². The van der Waals surface area contributed by atoms with Gasteiger partial charge in [-0.1, -0.05) is 30.3 Å². The average molecular weight is 297 g/mol. The van der Waals surface area contributed by atoms with Gasteiger partial charge < -0.3 is 0 Å². The summed E-state index contributed by atoms with van der Waals surface area (Å²) < 4.78 is 1.16. The second-order valence-electron chi connectivity index (χ2n) is 3.54. The minimum atomic E-state index is 0.173. The van der Waals surface area contributed by atoms with E-state index < -0.39 is 0 Å². The van der Waals surface area contributed by atoms with Crippen molar-refractivity contribution in [3.05, 3.63) is 56.7 Å². The highest BCUT2D eigenvalue weighted by atomic mass is 79.9. The Kier molecular flexibility index (Phi) is 4.12. The second kappa shape index (κ2) is 5.59. The molecule has 1 heterocycles. The van der Waals surface area contributed by atoms with E-state index in [9.17, 15) is 0 Å². The van der Waals surface area contributed by atoms with Crippen LogP contribution in [0, 0.1) is 0 Å². The first kappa shape index (κ1) is 11.8. The lowest BCUT2D eigenvalue weighted by molar-refractivity contribution is 0.555. The third kappa shape index (κ3) is 2.92. The molecule has 1 atom stereocenters. The number of nitrogens with one attached hydrogen (secondary N) is 1. The summed E-state index contributed by atoms with van der Waals surface area (Å²) in [4.78, 5) is 1.32. The molecule has 0 fully saturated rings. The maximum atomic E-state index is 5.60. The molecule has 16 heavy (non-hydrogen) atoms. The maximum Gasteiger partial charge on any atom is 0.0701 e. The molecule has 0 saturated heterocycles. The Morgan fingerprint density at radius 1 is 1.19 bits per heavy atom. The van der Waals surface area contributed by atoms with Crippen LogP contribution >= 0.6 is 27.3 Å². The molecule has 0 amide bonds. The predicted molar refractivity (Wildman–Crippen MR) is 72.2 cm³/mol. The number of rotatable bonds is 4. The number of nitrogens with two attached hydrogens (primary N) is 1. The normalized spacial score (nSPS) is 12.6. The van der Waals surface area contributed by atoms with E-state index in [2.05, 4.69) is 45.6 Å². The Labute approximate surface area is 108 Å². The molecular weight excluding hydrogens is 284 g/mol. The molecule has 3 N–H and O–H groups in total. The minimum absolute atomic E-state index is 0.173. The van der Waals surface area contributed by atoms with Crippen molar-refractivity contribution in [2.75, 3.05) is 0 Å². The van der Waals surface area contributed by atoms with Crippen LogP contribution in [-0.4, -0.2) is 0 Å². The molecule has 0 aliphatic heterocycles. The van der Waals surface area contributed by atoms with E-state index in [0.29, 0.717) is 0 Å². The predicted octanol–water partition coefficient (Wildman–Crippen LogP) is 3.26. The van der Waals surface area contributed by atoms with Crippen LogP contribution < -0.4 is 11.3 Å². The van der Waals surface area contributed by atoms with Gasteiger partial charge in [-0.15, -0.1) is 11.3 Å². The Balaban J connectivity index is 2.12. The summed E-state index contributed by atoms with van der Waals surface area (Å²) in [6.45, 7) is 0. The summed E-state index contributed by atoms with van der Waals surface area (Å²) in [7, 11) is 0. The van der Waals surface area contributed by atoms with Crippen LogP contribution in [0.1, 0.15) is 16.5 Å². The minimum Gasteiger partial charge on any atom is -0.271 e. The second-order valence-corrected chi connectivity index (χ2v) is 6.09. The molecule has 0 radical (unpaired) electrons.